The van der Waals surface area contributed by atoms with Crippen molar-refractivity contribution in [3.05, 3.63) is 87.5 Å². The first kappa shape index (κ1) is 26.8. The average Bonchev–Trinajstić information content (AvgIpc) is 3.24. The molecule has 4 aromatic rings. The molecule has 5 rings (SSSR count). The highest BCUT2D eigenvalue weighted by Gasteiger charge is 2.29. The van der Waals surface area contributed by atoms with Crippen LogP contribution in [0.1, 0.15) is 65.4 Å². The topological polar surface area (TPSA) is 93.1 Å². The number of fused-ring (bicyclic) bond motifs is 1. The number of nitrogens with one attached hydrogen (secondary N) is 1. The summed E-state index contributed by atoms with van der Waals surface area (Å²) >= 11 is 0. The first-order valence-electron chi connectivity index (χ1n) is 13.7. The van der Waals surface area contributed by atoms with E-state index in [1.54, 1.807) is 25.6 Å². The lowest BCUT2D eigenvalue weighted by atomic mass is 9.90. The van der Waals surface area contributed by atoms with Gasteiger partial charge in [-0.15, -0.1) is 0 Å². The van der Waals surface area contributed by atoms with Gasteiger partial charge in [-0.2, -0.15) is 0 Å². The Balaban J connectivity index is 1.35. The van der Waals surface area contributed by atoms with Crippen molar-refractivity contribution >= 4 is 16.7 Å². The number of hydrogen-bond donors (Lipinski definition) is 1. The number of likely N-dealkylation sites (tertiary alicyclic amines) is 1. The minimum absolute atomic E-state index is 0.0503. The zero-order chi connectivity index (χ0) is 27.5. The van der Waals surface area contributed by atoms with Crippen LogP contribution in [0.3, 0.4) is 0 Å². The molecule has 0 unspecified atom stereocenters. The summed E-state index contributed by atoms with van der Waals surface area (Å²) in [6, 6.07) is 12.1. The zero-order valence-electron chi connectivity index (χ0n) is 23.2. The van der Waals surface area contributed by atoms with E-state index >= 15 is 0 Å². The highest BCUT2D eigenvalue weighted by atomic mass is 16.5. The molecule has 4 heterocycles. The van der Waals surface area contributed by atoms with Crippen molar-refractivity contribution < 1.29 is 9.53 Å². The van der Waals surface area contributed by atoms with Gasteiger partial charge in [0.1, 0.15) is 11.6 Å². The zero-order valence-corrected chi connectivity index (χ0v) is 23.2. The third-order valence-corrected chi connectivity index (χ3v) is 8.19. The molecule has 0 radical (unpaired) electrons. The van der Waals surface area contributed by atoms with Crippen LogP contribution in [0.4, 0.5) is 0 Å². The molecule has 0 saturated carbocycles. The third-order valence-electron chi connectivity index (χ3n) is 8.19. The van der Waals surface area contributed by atoms with Crippen LogP contribution in [-0.2, 0) is 13.0 Å². The first-order chi connectivity index (χ1) is 18.9. The number of methoxy groups -OCH3 is 1. The van der Waals surface area contributed by atoms with Gasteiger partial charge in [0.15, 0.2) is 5.78 Å². The van der Waals surface area contributed by atoms with Crippen molar-refractivity contribution in [3.63, 3.8) is 0 Å². The SMILES string of the molecule is COc1cc(C)[nH]c(=O)c1CCC(=O)c1c(C)n([C@H](C)C2CCN(Cc3ncccn3)CC2)c2ccccc12. The van der Waals surface area contributed by atoms with Gasteiger partial charge in [-0.05, 0) is 77.2 Å². The number of nitrogens with zero attached hydrogens (tertiary/aromatic N) is 4. The Morgan fingerprint density at radius 1 is 1.13 bits per heavy atom. The number of hydrogen-bond acceptors (Lipinski definition) is 6. The highest BCUT2D eigenvalue weighted by molar-refractivity contribution is 6.09. The summed E-state index contributed by atoms with van der Waals surface area (Å²) in [5.74, 6) is 1.95. The summed E-state index contributed by atoms with van der Waals surface area (Å²) in [7, 11) is 1.55. The normalized spacial score (nSPS) is 15.5. The summed E-state index contributed by atoms with van der Waals surface area (Å²) in [6.07, 6.45) is 6.33. The van der Waals surface area contributed by atoms with Crippen LogP contribution in [0.25, 0.3) is 10.9 Å². The van der Waals surface area contributed by atoms with Crippen LogP contribution >= 0.6 is 0 Å². The van der Waals surface area contributed by atoms with E-state index in [0.29, 0.717) is 23.7 Å². The number of ketones is 1. The van der Waals surface area contributed by atoms with Crippen molar-refractivity contribution in [2.45, 2.75) is 59.0 Å². The molecule has 0 spiro atoms. The van der Waals surface area contributed by atoms with Gasteiger partial charge < -0.3 is 14.3 Å². The number of H-pyrrole nitrogens is 1. The van der Waals surface area contributed by atoms with Gasteiger partial charge in [-0.1, -0.05) is 18.2 Å². The number of Topliss-reactive ketones (excluding diaryl/α,β-unsaturated/α-hetero) is 1. The van der Waals surface area contributed by atoms with Crippen molar-refractivity contribution in [2.24, 2.45) is 5.92 Å². The molecule has 8 heteroatoms. The second kappa shape index (κ2) is 11.5. The molecule has 0 amide bonds. The van der Waals surface area contributed by atoms with Gasteiger partial charge in [0, 0.05) is 52.7 Å². The van der Waals surface area contributed by atoms with Crippen molar-refractivity contribution in [1.82, 2.24) is 24.4 Å². The Bertz CT molecular complexity index is 1520. The summed E-state index contributed by atoms with van der Waals surface area (Å²) in [5.41, 5.74) is 3.91. The maximum Gasteiger partial charge on any atom is 0.255 e. The Hall–Kier alpha value is -3.78. The monoisotopic (exact) mass is 527 g/mol. The molecule has 204 valence electrons. The Labute approximate surface area is 229 Å². The van der Waals surface area contributed by atoms with E-state index in [1.165, 1.54) is 0 Å². The van der Waals surface area contributed by atoms with Crippen LogP contribution in [0.2, 0.25) is 0 Å². The molecular weight excluding hydrogens is 490 g/mol. The molecular formula is C31H37N5O3. The van der Waals surface area contributed by atoms with Gasteiger partial charge in [-0.25, -0.2) is 9.97 Å². The minimum atomic E-state index is -0.197. The van der Waals surface area contributed by atoms with Gasteiger partial charge in [-0.3, -0.25) is 14.5 Å². The van der Waals surface area contributed by atoms with Gasteiger partial charge in [0.25, 0.3) is 5.56 Å². The fourth-order valence-electron chi connectivity index (χ4n) is 6.15. The Morgan fingerprint density at radius 3 is 2.56 bits per heavy atom. The van der Waals surface area contributed by atoms with Crippen LogP contribution < -0.4 is 10.3 Å². The van der Waals surface area contributed by atoms with Crippen molar-refractivity contribution in [1.29, 1.82) is 0 Å². The predicted molar refractivity (Wildman–Crippen MR) is 152 cm³/mol. The second-order valence-corrected chi connectivity index (χ2v) is 10.6. The van der Waals surface area contributed by atoms with Crippen molar-refractivity contribution in [3.8, 4) is 5.75 Å². The molecule has 0 bridgehead atoms. The molecule has 8 nitrogen and oxygen atoms in total. The number of para-hydroxylation sites is 1. The molecule has 1 aliphatic heterocycles. The number of piperidine rings is 1. The fourth-order valence-corrected chi connectivity index (χ4v) is 6.15. The molecule has 3 aromatic heterocycles. The minimum Gasteiger partial charge on any atom is -0.496 e. The van der Waals surface area contributed by atoms with E-state index in [2.05, 4.69) is 44.3 Å². The molecule has 1 fully saturated rings. The maximum atomic E-state index is 13.7. The van der Waals surface area contributed by atoms with Gasteiger partial charge in [0.05, 0.1) is 19.2 Å². The van der Waals surface area contributed by atoms with Crippen LogP contribution in [0.15, 0.2) is 53.6 Å². The average molecular weight is 528 g/mol. The van der Waals surface area contributed by atoms with E-state index in [9.17, 15) is 9.59 Å². The number of aryl methyl sites for hydroxylation is 1. The van der Waals surface area contributed by atoms with E-state index < -0.39 is 0 Å². The van der Waals surface area contributed by atoms with Crippen LogP contribution in [0.5, 0.6) is 5.75 Å². The van der Waals surface area contributed by atoms with Crippen LogP contribution in [-0.4, -0.2) is 50.4 Å². The number of carbonyl (C=O) groups excluding carboxylic acids is 1. The fraction of sp³-hybridized carbons (Fsp3) is 0.419. The lowest BCUT2D eigenvalue weighted by Gasteiger charge is -2.35. The molecule has 1 aromatic carbocycles. The predicted octanol–water partition coefficient (Wildman–Crippen LogP) is 5.03. The number of carbonyl (C=O) groups is 1. The molecule has 0 aliphatic carbocycles. The van der Waals surface area contributed by atoms with E-state index in [0.717, 1.165) is 66.2 Å². The van der Waals surface area contributed by atoms with Gasteiger partial charge in [0.2, 0.25) is 0 Å². The smallest absolute Gasteiger partial charge is 0.255 e. The summed E-state index contributed by atoms with van der Waals surface area (Å²) < 4.78 is 7.80. The lowest BCUT2D eigenvalue weighted by molar-refractivity contribution is 0.0983. The maximum absolute atomic E-state index is 13.7. The second-order valence-electron chi connectivity index (χ2n) is 10.6. The largest absolute Gasteiger partial charge is 0.496 e. The number of aromatic amines is 1. The number of aromatic nitrogens is 4. The molecule has 39 heavy (non-hydrogen) atoms. The third kappa shape index (κ3) is 5.52. The van der Waals surface area contributed by atoms with Gasteiger partial charge >= 0.3 is 0 Å². The summed E-state index contributed by atoms with van der Waals surface area (Å²) in [4.78, 5) is 40.3. The van der Waals surface area contributed by atoms with E-state index in [-0.39, 0.29) is 23.8 Å². The standard InChI is InChI=1S/C31H37N5O3/c1-20-18-28(39-4)25(31(38)34-20)10-11-27(37)30-22(3)36(26-9-6-5-8-24(26)30)21(2)23-12-16-35(17-13-23)19-29-32-14-7-15-33-29/h5-9,14-15,18,21,23H,10-13,16-17,19H2,1-4H3,(H,34,38)/t21-/m1/s1. The van der Waals surface area contributed by atoms with E-state index in [4.69, 9.17) is 4.74 Å². The number of benzene rings is 1. The summed E-state index contributed by atoms with van der Waals surface area (Å²) in [5, 5.41) is 0.982. The Morgan fingerprint density at radius 2 is 1.85 bits per heavy atom. The summed E-state index contributed by atoms with van der Waals surface area (Å²) in [6.45, 7) is 8.95. The lowest BCUT2D eigenvalue weighted by Crippen LogP contribution is -2.36. The molecule has 1 atom stereocenters. The molecule has 1 N–H and O–H groups in total. The quantitative estimate of drug-likeness (QED) is 0.307. The van der Waals surface area contributed by atoms with E-state index in [1.807, 2.05) is 31.2 Å². The molecule has 1 saturated heterocycles. The van der Waals surface area contributed by atoms with Crippen LogP contribution in [0, 0.1) is 19.8 Å². The number of rotatable bonds is 9. The Kier molecular flexibility index (Phi) is 7.93. The molecule has 1 aliphatic rings. The first-order valence-corrected chi connectivity index (χ1v) is 13.7. The van der Waals surface area contributed by atoms with Crippen molar-refractivity contribution in [2.75, 3.05) is 20.2 Å². The highest BCUT2D eigenvalue weighted by Crippen LogP contribution is 2.36. The number of ether oxygens (including phenoxy) is 1. The number of pyridine rings is 1.